The van der Waals surface area contributed by atoms with Crippen LogP contribution in [0.25, 0.3) is 0 Å². The summed E-state index contributed by atoms with van der Waals surface area (Å²) in [6.07, 6.45) is 0. The first-order valence-electron chi connectivity index (χ1n) is 8.72. The fourth-order valence-corrected chi connectivity index (χ4v) is 6.63. The zero-order valence-corrected chi connectivity index (χ0v) is 19.6. The number of rotatable bonds is 4. The van der Waals surface area contributed by atoms with Crippen LogP contribution in [0.1, 0.15) is 18.1 Å². The largest absolute Gasteiger partial charge is 0.508 e. The maximum atomic E-state index is 11.0. The van der Waals surface area contributed by atoms with Crippen molar-refractivity contribution >= 4 is 35.8 Å². The normalized spacial score (nSPS) is 13.1. The molecule has 2 N–H and O–H groups in total. The average Bonchev–Trinajstić information content (AvgIpc) is 2.44. The van der Waals surface area contributed by atoms with Gasteiger partial charge in [-0.2, -0.15) is 0 Å². The van der Waals surface area contributed by atoms with Gasteiger partial charge in [0.15, 0.2) is 0 Å². The summed E-state index contributed by atoms with van der Waals surface area (Å²) in [5, 5.41) is 23.5. The summed E-state index contributed by atoms with van der Waals surface area (Å²) in [6.45, 7) is 15.4. The van der Waals surface area contributed by atoms with E-state index in [9.17, 15) is 10.2 Å². The van der Waals surface area contributed by atoms with Gasteiger partial charge in [0, 0.05) is 16.3 Å². The molecule has 0 saturated carbocycles. The van der Waals surface area contributed by atoms with Gasteiger partial charge in [-0.15, -0.1) is 9.24 Å². The SMILES string of the molecule is CC(P)(c1cccc([Si](C)(C)C)c1O)c1cccc([Si](C)(C)C)c1O. The highest BCUT2D eigenvalue weighted by Crippen LogP contribution is 2.45. The molecule has 5 heteroatoms. The van der Waals surface area contributed by atoms with Crippen LogP contribution < -0.4 is 10.4 Å². The molecule has 2 aromatic carbocycles. The second-order valence-corrected chi connectivity index (χ2v) is 20.3. The zero-order valence-electron chi connectivity index (χ0n) is 16.4. The fraction of sp³-hybridized carbons (Fsp3) is 0.400. The molecule has 0 heterocycles. The van der Waals surface area contributed by atoms with Crippen LogP contribution in [0.15, 0.2) is 36.4 Å². The van der Waals surface area contributed by atoms with Crippen molar-refractivity contribution in [1.29, 1.82) is 0 Å². The molecule has 0 spiro atoms. The molecule has 0 aliphatic heterocycles. The number of para-hydroxylation sites is 2. The summed E-state index contributed by atoms with van der Waals surface area (Å²) in [5.41, 5.74) is 1.70. The minimum absolute atomic E-state index is 0.372. The topological polar surface area (TPSA) is 40.5 Å². The molecule has 0 saturated heterocycles. The third-order valence-corrected chi connectivity index (χ3v) is 9.47. The van der Waals surface area contributed by atoms with Crippen LogP contribution in [0.5, 0.6) is 11.5 Å². The number of hydrogen-bond acceptors (Lipinski definition) is 2. The first-order valence-corrected chi connectivity index (χ1v) is 16.3. The predicted molar refractivity (Wildman–Crippen MR) is 118 cm³/mol. The van der Waals surface area contributed by atoms with Gasteiger partial charge in [0.1, 0.15) is 11.5 Å². The van der Waals surface area contributed by atoms with Gasteiger partial charge in [-0.3, -0.25) is 0 Å². The number of benzene rings is 2. The number of phenols is 2. The van der Waals surface area contributed by atoms with Crippen LogP contribution in [0.4, 0.5) is 0 Å². The average molecular weight is 391 g/mol. The molecule has 136 valence electrons. The molecule has 0 aliphatic rings. The van der Waals surface area contributed by atoms with Crippen molar-refractivity contribution in [2.24, 2.45) is 0 Å². The van der Waals surface area contributed by atoms with Gasteiger partial charge in [0.25, 0.3) is 0 Å². The molecule has 2 aromatic rings. The molecular formula is C20H31O2PSi2. The van der Waals surface area contributed by atoms with Crippen molar-refractivity contribution in [3.05, 3.63) is 47.5 Å². The van der Waals surface area contributed by atoms with Gasteiger partial charge in [0.05, 0.1) is 16.1 Å². The van der Waals surface area contributed by atoms with E-state index in [0.29, 0.717) is 11.5 Å². The Labute approximate surface area is 156 Å². The van der Waals surface area contributed by atoms with Crippen LogP contribution in [-0.2, 0) is 5.16 Å². The lowest BCUT2D eigenvalue weighted by molar-refractivity contribution is 0.456. The maximum absolute atomic E-state index is 11.0. The molecule has 0 amide bonds. The molecule has 2 rings (SSSR count). The third-order valence-electron chi connectivity index (χ3n) is 4.81. The molecule has 0 aromatic heterocycles. The first kappa shape index (κ1) is 20.2. The molecule has 0 fully saturated rings. The molecular weight excluding hydrogens is 359 g/mol. The van der Waals surface area contributed by atoms with Crippen molar-refractivity contribution < 1.29 is 10.2 Å². The van der Waals surface area contributed by atoms with Gasteiger partial charge in [-0.05, 0) is 17.3 Å². The third kappa shape index (κ3) is 3.86. The molecule has 0 aliphatic carbocycles. The van der Waals surface area contributed by atoms with Crippen molar-refractivity contribution in [3.63, 3.8) is 0 Å². The quantitative estimate of drug-likeness (QED) is 0.603. The summed E-state index contributed by atoms with van der Waals surface area (Å²) in [5.74, 6) is 0.744. The first-order chi connectivity index (χ1) is 11.3. The lowest BCUT2D eigenvalue weighted by Crippen LogP contribution is -2.39. The molecule has 25 heavy (non-hydrogen) atoms. The van der Waals surface area contributed by atoms with Crippen molar-refractivity contribution in [2.75, 3.05) is 0 Å². The van der Waals surface area contributed by atoms with Gasteiger partial charge < -0.3 is 10.2 Å². The Kier molecular flexibility index (Phi) is 5.31. The van der Waals surface area contributed by atoms with E-state index in [-0.39, 0.29) is 0 Å². The Hall–Kier alpha value is -1.10. The number of aromatic hydroxyl groups is 2. The fourth-order valence-electron chi connectivity index (χ4n) is 3.28. The summed E-state index contributed by atoms with van der Waals surface area (Å²) >= 11 is 0. The summed E-state index contributed by atoms with van der Waals surface area (Å²) < 4.78 is 0. The van der Waals surface area contributed by atoms with Crippen LogP contribution >= 0.6 is 9.24 Å². The predicted octanol–water partition coefficient (Wildman–Crippen LogP) is 4.33. The Morgan fingerprint density at radius 1 is 0.720 bits per heavy atom. The Morgan fingerprint density at radius 3 is 1.32 bits per heavy atom. The summed E-state index contributed by atoms with van der Waals surface area (Å²) in [4.78, 5) is 0. The van der Waals surface area contributed by atoms with Crippen LogP contribution in [0.2, 0.25) is 39.3 Å². The van der Waals surface area contributed by atoms with Gasteiger partial charge in [-0.1, -0.05) is 75.7 Å². The van der Waals surface area contributed by atoms with E-state index in [4.69, 9.17) is 0 Å². The van der Waals surface area contributed by atoms with Crippen LogP contribution in [0.3, 0.4) is 0 Å². The molecule has 0 bridgehead atoms. The lowest BCUT2D eigenvalue weighted by atomic mass is 9.90. The molecule has 0 radical (unpaired) electrons. The highest BCUT2D eigenvalue weighted by molar-refractivity contribution is 7.19. The van der Waals surface area contributed by atoms with E-state index in [1.807, 2.05) is 43.3 Å². The van der Waals surface area contributed by atoms with E-state index >= 15 is 0 Å². The summed E-state index contributed by atoms with van der Waals surface area (Å²) in [7, 11) is -0.465. The van der Waals surface area contributed by atoms with Gasteiger partial charge in [0.2, 0.25) is 0 Å². The van der Waals surface area contributed by atoms with Crippen molar-refractivity contribution in [1.82, 2.24) is 0 Å². The van der Waals surface area contributed by atoms with E-state index in [0.717, 1.165) is 21.5 Å². The maximum Gasteiger partial charge on any atom is 0.119 e. The van der Waals surface area contributed by atoms with Crippen molar-refractivity contribution in [3.8, 4) is 11.5 Å². The Bertz CT molecular complexity index is 722. The number of hydrogen-bond donors (Lipinski definition) is 2. The lowest BCUT2D eigenvalue weighted by Gasteiger charge is -2.31. The van der Waals surface area contributed by atoms with Gasteiger partial charge >= 0.3 is 0 Å². The minimum Gasteiger partial charge on any atom is -0.508 e. The minimum atomic E-state index is -1.66. The Morgan fingerprint density at radius 2 is 1.04 bits per heavy atom. The van der Waals surface area contributed by atoms with E-state index < -0.39 is 21.3 Å². The molecule has 1 atom stereocenters. The standard InChI is InChI=1S/C20H31O2PSi2/c1-20(23,14-10-8-12-16(18(14)21)24(2,3)4)15-11-9-13-17(19(15)22)25(5,6)7/h8-13,21-22H,23H2,1-7H3. The highest BCUT2D eigenvalue weighted by atomic mass is 31.0. The molecule has 2 nitrogen and oxygen atoms in total. The second kappa shape index (κ2) is 6.57. The monoisotopic (exact) mass is 390 g/mol. The number of phenolic OH excluding ortho intramolecular Hbond substituents is 2. The Balaban J connectivity index is 2.69. The smallest absolute Gasteiger partial charge is 0.119 e. The summed E-state index contributed by atoms with van der Waals surface area (Å²) in [6, 6.07) is 12.0. The second-order valence-electron chi connectivity index (χ2n) is 9.11. The van der Waals surface area contributed by atoms with Crippen molar-refractivity contribution in [2.45, 2.75) is 51.4 Å². The molecule has 1 unspecified atom stereocenters. The van der Waals surface area contributed by atoms with E-state index in [2.05, 4.69) is 48.5 Å². The van der Waals surface area contributed by atoms with Crippen LogP contribution in [-0.4, -0.2) is 26.4 Å². The van der Waals surface area contributed by atoms with Crippen LogP contribution in [0, 0.1) is 0 Å². The van der Waals surface area contributed by atoms with Gasteiger partial charge in [-0.25, -0.2) is 0 Å². The van der Waals surface area contributed by atoms with E-state index in [1.165, 1.54) is 0 Å². The highest BCUT2D eigenvalue weighted by Gasteiger charge is 2.34. The van der Waals surface area contributed by atoms with E-state index in [1.54, 1.807) is 0 Å². The zero-order chi connectivity index (χ0) is 19.2.